The zero-order valence-electron chi connectivity index (χ0n) is 7.91. The molecule has 0 aromatic heterocycles. The highest BCUT2D eigenvalue weighted by atomic mass is 16.5. The molecule has 0 aliphatic carbocycles. The van der Waals surface area contributed by atoms with Crippen molar-refractivity contribution < 1.29 is 9.53 Å². The maximum atomic E-state index is 10.7. The van der Waals surface area contributed by atoms with Gasteiger partial charge >= 0.3 is 5.97 Å². The van der Waals surface area contributed by atoms with Gasteiger partial charge in [0.15, 0.2) is 0 Å². The Morgan fingerprint density at radius 2 is 2.07 bits per heavy atom. The number of rotatable bonds is 1. The number of methoxy groups -OCH3 is 1. The third-order valence-electron chi connectivity index (χ3n) is 1.64. The van der Waals surface area contributed by atoms with Crippen LogP contribution < -0.4 is 0 Å². The summed E-state index contributed by atoms with van der Waals surface area (Å²) in [6, 6.07) is 7.42. The van der Waals surface area contributed by atoms with Crippen LogP contribution in [-0.4, -0.2) is 13.1 Å². The van der Waals surface area contributed by atoms with Crippen molar-refractivity contribution in [1.82, 2.24) is 0 Å². The quantitative estimate of drug-likeness (QED) is 0.494. The second kappa shape index (κ2) is 4.88. The largest absolute Gasteiger partial charge is 0.459 e. The lowest BCUT2D eigenvalue weighted by Gasteiger charge is -1.92. The molecule has 1 rings (SSSR count). The topological polar surface area (TPSA) is 26.3 Å². The van der Waals surface area contributed by atoms with Crippen molar-refractivity contribution in [2.45, 2.75) is 0 Å². The van der Waals surface area contributed by atoms with Crippen molar-refractivity contribution in [2.75, 3.05) is 7.11 Å². The molecular formula is C12H10O2. The Kier molecular flexibility index (Phi) is 3.51. The van der Waals surface area contributed by atoms with E-state index < -0.39 is 5.97 Å². The molecule has 0 spiro atoms. The van der Waals surface area contributed by atoms with E-state index in [2.05, 4.69) is 23.2 Å². The summed E-state index contributed by atoms with van der Waals surface area (Å²) in [4.78, 5) is 10.7. The van der Waals surface area contributed by atoms with Gasteiger partial charge in [-0.3, -0.25) is 0 Å². The third-order valence-corrected chi connectivity index (χ3v) is 1.64. The van der Waals surface area contributed by atoms with Crippen LogP contribution in [0.4, 0.5) is 0 Å². The number of ether oxygens (including phenoxy) is 1. The first kappa shape index (κ1) is 10.1. The van der Waals surface area contributed by atoms with Gasteiger partial charge in [0.1, 0.15) is 0 Å². The van der Waals surface area contributed by atoms with Gasteiger partial charge in [-0.05, 0) is 17.7 Å². The van der Waals surface area contributed by atoms with Crippen LogP contribution in [0, 0.1) is 11.8 Å². The predicted molar refractivity (Wildman–Crippen MR) is 55.4 cm³/mol. The Morgan fingerprint density at radius 3 is 2.57 bits per heavy atom. The number of hydrogen-bond donors (Lipinski definition) is 0. The Morgan fingerprint density at radius 1 is 1.43 bits per heavy atom. The second-order valence-electron chi connectivity index (χ2n) is 2.57. The average molecular weight is 186 g/mol. The van der Waals surface area contributed by atoms with Gasteiger partial charge in [0.25, 0.3) is 0 Å². The third kappa shape index (κ3) is 2.80. The summed E-state index contributed by atoms with van der Waals surface area (Å²) in [5, 5.41) is 0. The van der Waals surface area contributed by atoms with Crippen LogP contribution in [0.15, 0.2) is 30.8 Å². The van der Waals surface area contributed by atoms with Gasteiger partial charge in [-0.15, -0.1) is 0 Å². The fourth-order valence-electron chi connectivity index (χ4n) is 0.877. The molecule has 0 radical (unpaired) electrons. The summed E-state index contributed by atoms with van der Waals surface area (Å²) in [7, 11) is 1.30. The van der Waals surface area contributed by atoms with Gasteiger partial charge in [-0.1, -0.05) is 30.7 Å². The van der Waals surface area contributed by atoms with Crippen molar-refractivity contribution in [2.24, 2.45) is 0 Å². The molecule has 0 saturated carbocycles. The van der Waals surface area contributed by atoms with Crippen molar-refractivity contribution in [3.05, 3.63) is 42.0 Å². The van der Waals surface area contributed by atoms with E-state index in [-0.39, 0.29) is 0 Å². The summed E-state index contributed by atoms with van der Waals surface area (Å²) in [5.41, 5.74) is 1.80. The van der Waals surface area contributed by atoms with Gasteiger partial charge in [-0.2, -0.15) is 0 Å². The molecule has 1 aromatic carbocycles. The molecule has 0 unspecified atom stereocenters. The maximum absolute atomic E-state index is 10.7. The minimum Gasteiger partial charge on any atom is -0.459 e. The van der Waals surface area contributed by atoms with E-state index in [1.807, 2.05) is 24.3 Å². The molecule has 0 saturated heterocycles. The number of benzene rings is 1. The van der Waals surface area contributed by atoms with Crippen LogP contribution in [0.5, 0.6) is 0 Å². The summed E-state index contributed by atoms with van der Waals surface area (Å²) in [5.74, 6) is 4.51. The highest BCUT2D eigenvalue weighted by Gasteiger charge is 1.90. The number of carbonyl (C=O) groups excluding carboxylic acids is 1. The summed E-state index contributed by atoms with van der Waals surface area (Å²) in [6.07, 6.45) is 1.75. The first-order valence-electron chi connectivity index (χ1n) is 4.08. The van der Waals surface area contributed by atoms with Gasteiger partial charge in [0, 0.05) is 11.5 Å². The molecule has 2 heteroatoms. The van der Waals surface area contributed by atoms with E-state index in [0.29, 0.717) is 0 Å². The monoisotopic (exact) mass is 186 g/mol. The summed E-state index contributed by atoms with van der Waals surface area (Å²) >= 11 is 0. The van der Waals surface area contributed by atoms with Crippen LogP contribution >= 0.6 is 0 Å². The lowest BCUT2D eigenvalue weighted by Crippen LogP contribution is -1.94. The molecule has 0 atom stereocenters. The molecule has 0 aliphatic rings. The van der Waals surface area contributed by atoms with Gasteiger partial charge in [0.05, 0.1) is 7.11 Å². The maximum Gasteiger partial charge on any atom is 0.384 e. The molecule has 0 fully saturated rings. The van der Waals surface area contributed by atoms with Crippen molar-refractivity contribution >= 4 is 12.0 Å². The molecule has 0 aliphatic heterocycles. The summed E-state index contributed by atoms with van der Waals surface area (Å²) in [6.45, 7) is 3.64. The molecule has 0 N–H and O–H groups in total. The average Bonchev–Trinajstić information content (AvgIpc) is 2.26. The Labute approximate surface area is 83.2 Å². The van der Waals surface area contributed by atoms with Gasteiger partial charge in [-0.25, -0.2) is 4.79 Å². The van der Waals surface area contributed by atoms with E-state index in [1.165, 1.54) is 7.11 Å². The van der Waals surface area contributed by atoms with E-state index in [9.17, 15) is 4.79 Å². The van der Waals surface area contributed by atoms with Crippen LogP contribution in [-0.2, 0) is 9.53 Å². The lowest BCUT2D eigenvalue weighted by atomic mass is 10.1. The highest BCUT2D eigenvalue weighted by molar-refractivity contribution is 5.89. The molecule has 0 amide bonds. The van der Waals surface area contributed by atoms with Crippen LogP contribution in [0.25, 0.3) is 6.08 Å². The zero-order chi connectivity index (χ0) is 10.4. The standard InChI is InChI=1S/C12H10O2/c1-3-10-4-6-11(7-5-10)8-9-12(13)14-2/h3-7H,1H2,2H3. The first-order chi connectivity index (χ1) is 6.76. The van der Waals surface area contributed by atoms with Gasteiger partial charge in [0.2, 0.25) is 0 Å². The summed E-state index contributed by atoms with van der Waals surface area (Å²) < 4.78 is 4.39. The molecule has 1 aromatic rings. The smallest absolute Gasteiger partial charge is 0.384 e. The van der Waals surface area contributed by atoms with Crippen molar-refractivity contribution in [3.63, 3.8) is 0 Å². The SMILES string of the molecule is C=Cc1ccc(C#CC(=O)OC)cc1. The number of esters is 1. The zero-order valence-corrected chi connectivity index (χ0v) is 7.91. The van der Waals surface area contributed by atoms with E-state index in [0.717, 1.165) is 11.1 Å². The first-order valence-corrected chi connectivity index (χ1v) is 4.08. The number of hydrogen-bond acceptors (Lipinski definition) is 2. The highest BCUT2D eigenvalue weighted by Crippen LogP contribution is 2.03. The molecule has 0 bridgehead atoms. The second-order valence-corrected chi connectivity index (χ2v) is 2.57. The predicted octanol–water partition coefficient (Wildman–Crippen LogP) is 1.85. The normalized spacial score (nSPS) is 8.36. The Bertz CT molecular complexity index is 391. The fourth-order valence-corrected chi connectivity index (χ4v) is 0.877. The van der Waals surface area contributed by atoms with Gasteiger partial charge < -0.3 is 4.74 Å². The van der Waals surface area contributed by atoms with E-state index in [1.54, 1.807) is 6.08 Å². The minimum absolute atomic E-state index is 0.530. The van der Waals surface area contributed by atoms with Crippen molar-refractivity contribution in [1.29, 1.82) is 0 Å². The molecule has 2 nitrogen and oxygen atoms in total. The number of carbonyl (C=O) groups is 1. The van der Waals surface area contributed by atoms with Crippen LogP contribution in [0.1, 0.15) is 11.1 Å². The Hall–Kier alpha value is -2.01. The van der Waals surface area contributed by atoms with Crippen molar-refractivity contribution in [3.8, 4) is 11.8 Å². The van der Waals surface area contributed by atoms with E-state index >= 15 is 0 Å². The lowest BCUT2D eigenvalue weighted by molar-refractivity contribution is -0.133. The van der Waals surface area contributed by atoms with E-state index in [4.69, 9.17) is 0 Å². The minimum atomic E-state index is -0.530. The molecule has 70 valence electrons. The molecular weight excluding hydrogens is 176 g/mol. The molecule has 0 heterocycles. The molecule has 14 heavy (non-hydrogen) atoms. The van der Waals surface area contributed by atoms with Crippen LogP contribution in [0.2, 0.25) is 0 Å². The van der Waals surface area contributed by atoms with Crippen LogP contribution in [0.3, 0.4) is 0 Å². The fraction of sp³-hybridized carbons (Fsp3) is 0.0833. The Balaban J connectivity index is 2.81.